The minimum atomic E-state index is -1.26. The maximum Gasteiger partial charge on any atom is 0.354 e. The molecule has 0 aromatic carbocycles. The van der Waals surface area contributed by atoms with Crippen molar-refractivity contribution in [2.75, 3.05) is 18.0 Å². The minimum absolute atomic E-state index is 0.0560. The van der Waals surface area contributed by atoms with Crippen molar-refractivity contribution in [3.8, 4) is 0 Å². The molecule has 8 nitrogen and oxygen atoms in total. The number of carbonyl (C=O) groups is 1. The molecular weight excluding hydrogens is 266 g/mol. The molecule has 0 aliphatic rings. The van der Waals surface area contributed by atoms with Gasteiger partial charge in [-0.25, -0.2) is 9.78 Å². The number of pyridine rings is 1. The molecule has 8 heteroatoms. The maximum absolute atomic E-state index is 11.0. The lowest BCUT2D eigenvalue weighted by molar-refractivity contribution is -0.384. The number of carboxylic acids is 1. The minimum Gasteiger partial charge on any atom is -0.477 e. The summed E-state index contributed by atoms with van der Waals surface area (Å²) in [6.45, 7) is 5.30. The summed E-state index contributed by atoms with van der Waals surface area (Å²) in [5.41, 5.74) is -1.66. The SMILES string of the molecule is CCN(CC(C)(C)O)c1nc(C(=O)O)ccc1[N+](=O)[O-]. The van der Waals surface area contributed by atoms with Crippen LogP contribution in [0.5, 0.6) is 0 Å². The van der Waals surface area contributed by atoms with Gasteiger partial charge < -0.3 is 15.1 Å². The summed E-state index contributed by atoms with van der Waals surface area (Å²) in [6, 6.07) is 2.20. The molecule has 0 aliphatic heterocycles. The summed E-state index contributed by atoms with van der Waals surface area (Å²) in [5, 5.41) is 29.8. The number of aromatic carboxylic acids is 1. The highest BCUT2D eigenvalue weighted by Crippen LogP contribution is 2.27. The first-order chi connectivity index (χ1) is 9.15. The third-order valence-corrected chi connectivity index (χ3v) is 2.53. The van der Waals surface area contributed by atoms with Crippen LogP contribution >= 0.6 is 0 Å². The van der Waals surface area contributed by atoms with Crippen molar-refractivity contribution in [3.05, 3.63) is 27.9 Å². The molecule has 0 saturated carbocycles. The molecule has 1 rings (SSSR count). The van der Waals surface area contributed by atoms with Gasteiger partial charge in [-0.05, 0) is 26.8 Å². The lowest BCUT2D eigenvalue weighted by atomic mass is 10.1. The van der Waals surface area contributed by atoms with Crippen LogP contribution in [0.1, 0.15) is 31.3 Å². The van der Waals surface area contributed by atoms with Crippen molar-refractivity contribution < 1.29 is 19.9 Å². The third kappa shape index (κ3) is 3.89. The van der Waals surface area contributed by atoms with E-state index < -0.39 is 16.5 Å². The fourth-order valence-corrected chi connectivity index (χ4v) is 1.74. The van der Waals surface area contributed by atoms with Gasteiger partial charge in [-0.3, -0.25) is 10.1 Å². The first kappa shape index (κ1) is 15.8. The second-order valence-electron chi connectivity index (χ2n) is 4.93. The van der Waals surface area contributed by atoms with Crippen LogP contribution in [0.25, 0.3) is 0 Å². The van der Waals surface area contributed by atoms with E-state index in [1.165, 1.54) is 4.90 Å². The monoisotopic (exact) mass is 283 g/mol. The quantitative estimate of drug-likeness (QED) is 0.596. The lowest BCUT2D eigenvalue weighted by Gasteiger charge is -2.28. The molecule has 0 spiro atoms. The van der Waals surface area contributed by atoms with Gasteiger partial charge in [-0.15, -0.1) is 0 Å². The molecule has 0 unspecified atom stereocenters. The summed E-state index contributed by atoms with van der Waals surface area (Å²) in [5.74, 6) is -1.32. The van der Waals surface area contributed by atoms with Crippen molar-refractivity contribution in [3.63, 3.8) is 0 Å². The van der Waals surface area contributed by atoms with E-state index in [9.17, 15) is 20.0 Å². The number of aliphatic hydroxyl groups is 1. The Hall–Kier alpha value is -2.22. The van der Waals surface area contributed by atoms with Gasteiger partial charge >= 0.3 is 11.7 Å². The summed E-state index contributed by atoms with van der Waals surface area (Å²) in [6.07, 6.45) is 0. The Labute approximate surface area is 115 Å². The van der Waals surface area contributed by atoms with E-state index in [-0.39, 0.29) is 23.7 Å². The Bertz CT molecular complexity index is 524. The van der Waals surface area contributed by atoms with Crippen LogP contribution in [-0.2, 0) is 0 Å². The maximum atomic E-state index is 11.0. The average Bonchev–Trinajstić information content (AvgIpc) is 2.33. The predicted molar refractivity (Wildman–Crippen MR) is 72.0 cm³/mol. The normalized spacial score (nSPS) is 11.2. The van der Waals surface area contributed by atoms with Crippen molar-refractivity contribution in [2.45, 2.75) is 26.4 Å². The highest BCUT2D eigenvalue weighted by Gasteiger charge is 2.26. The number of nitrogens with zero attached hydrogens (tertiary/aromatic N) is 3. The topological polar surface area (TPSA) is 117 Å². The molecular formula is C12H17N3O5. The number of rotatable bonds is 6. The number of likely N-dealkylation sites (N-methyl/N-ethyl adjacent to an activating group) is 1. The molecule has 0 amide bonds. The molecule has 1 aromatic rings. The van der Waals surface area contributed by atoms with E-state index in [4.69, 9.17) is 5.11 Å². The number of nitro groups is 1. The highest BCUT2D eigenvalue weighted by atomic mass is 16.6. The van der Waals surface area contributed by atoms with Gasteiger partial charge in [0.1, 0.15) is 0 Å². The van der Waals surface area contributed by atoms with E-state index in [1.807, 2.05) is 0 Å². The van der Waals surface area contributed by atoms with Gasteiger partial charge in [0, 0.05) is 19.2 Å². The molecule has 2 N–H and O–H groups in total. The van der Waals surface area contributed by atoms with Gasteiger partial charge in [0.15, 0.2) is 5.69 Å². The zero-order chi connectivity index (χ0) is 15.5. The Morgan fingerprint density at radius 1 is 1.50 bits per heavy atom. The van der Waals surface area contributed by atoms with E-state index >= 15 is 0 Å². The van der Waals surface area contributed by atoms with Gasteiger partial charge in [0.2, 0.25) is 5.82 Å². The molecule has 110 valence electrons. The zero-order valence-corrected chi connectivity index (χ0v) is 11.5. The second-order valence-corrected chi connectivity index (χ2v) is 4.93. The lowest BCUT2D eigenvalue weighted by Crippen LogP contribution is -2.39. The summed E-state index contributed by atoms with van der Waals surface area (Å²) < 4.78 is 0. The van der Waals surface area contributed by atoms with E-state index in [0.29, 0.717) is 6.54 Å². The first-order valence-electron chi connectivity index (χ1n) is 6.01. The first-order valence-corrected chi connectivity index (χ1v) is 6.01. The summed E-state index contributed by atoms with van der Waals surface area (Å²) >= 11 is 0. The molecule has 0 bridgehead atoms. The third-order valence-electron chi connectivity index (χ3n) is 2.53. The molecule has 0 radical (unpaired) electrons. The Morgan fingerprint density at radius 2 is 2.10 bits per heavy atom. The van der Waals surface area contributed by atoms with Crippen molar-refractivity contribution in [2.24, 2.45) is 0 Å². The predicted octanol–water partition coefficient (Wildman–Crippen LogP) is 1.29. The standard InChI is InChI=1S/C12H17N3O5/c1-4-14(7-12(2,3)18)10-9(15(19)20)6-5-8(13-10)11(16)17/h5-6,18H,4,7H2,1-3H3,(H,16,17). The van der Waals surface area contributed by atoms with Gasteiger partial charge in [-0.1, -0.05) is 0 Å². The van der Waals surface area contributed by atoms with Crippen LogP contribution in [0.15, 0.2) is 12.1 Å². The molecule has 1 heterocycles. The molecule has 0 atom stereocenters. The number of hydrogen-bond donors (Lipinski definition) is 2. The molecule has 1 aromatic heterocycles. The second kappa shape index (κ2) is 5.83. The van der Waals surface area contributed by atoms with Crippen LogP contribution in [0.3, 0.4) is 0 Å². The van der Waals surface area contributed by atoms with Crippen molar-refractivity contribution >= 4 is 17.5 Å². The number of carboxylic acid groups (broad SMARTS) is 1. The fourth-order valence-electron chi connectivity index (χ4n) is 1.74. The Morgan fingerprint density at radius 3 is 2.50 bits per heavy atom. The molecule has 20 heavy (non-hydrogen) atoms. The number of anilines is 1. The van der Waals surface area contributed by atoms with E-state index in [0.717, 1.165) is 12.1 Å². The van der Waals surface area contributed by atoms with Crippen LogP contribution in [0.2, 0.25) is 0 Å². The zero-order valence-electron chi connectivity index (χ0n) is 11.5. The highest BCUT2D eigenvalue weighted by molar-refractivity contribution is 5.86. The summed E-state index contributed by atoms with van der Waals surface area (Å²) in [7, 11) is 0. The van der Waals surface area contributed by atoms with Crippen molar-refractivity contribution in [1.29, 1.82) is 0 Å². The summed E-state index contributed by atoms with van der Waals surface area (Å²) in [4.78, 5) is 26.6. The van der Waals surface area contributed by atoms with Crippen LogP contribution in [0, 0.1) is 10.1 Å². The largest absolute Gasteiger partial charge is 0.477 e. The number of hydrogen-bond acceptors (Lipinski definition) is 6. The van der Waals surface area contributed by atoms with Crippen LogP contribution in [0.4, 0.5) is 11.5 Å². The van der Waals surface area contributed by atoms with Crippen LogP contribution < -0.4 is 4.90 Å². The Kier molecular flexibility index (Phi) is 4.61. The smallest absolute Gasteiger partial charge is 0.354 e. The molecule has 0 saturated heterocycles. The van der Waals surface area contributed by atoms with Crippen molar-refractivity contribution in [1.82, 2.24) is 4.98 Å². The fraction of sp³-hybridized carbons (Fsp3) is 0.500. The van der Waals surface area contributed by atoms with E-state index in [1.54, 1.807) is 20.8 Å². The van der Waals surface area contributed by atoms with Gasteiger partial charge in [0.25, 0.3) is 0 Å². The molecule has 0 fully saturated rings. The number of aromatic nitrogens is 1. The average molecular weight is 283 g/mol. The van der Waals surface area contributed by atoms with Gasteiger partial charge in [0.05, 0.1) is 10.5 Å². The van der Waals surface area contributed by atoms with Crippen LogP contribution in [-0.4, -0.2) is 44.8 Å². The van der Waals surface area contributed by atoms with E-state index in [2.05, 4.69) is 4.98 Å². The molecule has 0 aliphatic carbocycles. The Balaban J connectivity index is 3.32. The van der Waals surface area contributed by atoms with Gasteiger partial charge in [-0.2, -0.15) is 0 Å².